The van der Waals surface area contributed by atoms with E-state index in [2.05, 4.69) is 10.9 Å². The van der Waals surface area contributed by atoms with E-state index in [0.29, 0.717) is 10.8 Å². The van der Waals surface area contributed by atoms with Crippen molar-refractivity contribution < 1.29 is 14.3 Å². The van der Waals surface area contributed by atoms with Crippen molar-refractivity contribution in [2.24, 2.45) is 0 Å². The summed E-state index contributed by atoms with van der Waals surface area (Å²) in [7, 11) is 0. The van der Waals surface area contributed by atoms with Crippen LogP contribution in [0.25, 0.3) is 0 Å². The molecule has 0 spiro atoms. The van der Waals surface area contributed by atoms with Crippen molar-refractivity contribution in [1.29, 1.82) is 0 Å². The van der Waals surface area contributed by atoms with E-state index in [-0.39, 0.29) is 18.9 Å². The number of ether oxygens (including phenoxy) is 1. The number of aryl methyl sites for hydroxylation is 1. The second kappa shape index (κ2) is 8.93. The molecule has 0 bridgehead atoms. The maximum absolute atomic E-state index is 11.8. The van der Waals surface area contributed by atoms with E-state index in [1.165, 1.54) is 0 Å². The molecule has 0 heterocycles. The maximum Gasteiger partial charge on any atom is 0.276 e. The number of halogens is 1. The fourth-order valence-electron chi connectivity index (χ4n) is 2.09. The zero-order chi connectivity index (χ0) is 17.4. The normalized spacial score (nSPS) is 10.1. The molecule has 2 rings (SSSR count). The van der Waals surface area contributed by atoms with E-state index in [1.807, 2.05) is 31.2 Å². The Morgan fingerprint density at radius 3 is 2.38 bits per heavy atom. The molecule has 2 N–H and O–H groups in total. The first-order chi connectivity index (χ1) is 11.6. The highest BCUT2D eigenvalue weighted by atomic mass is 35.5. The number of nitrogens with one attached hydrogen (secondary N) is 2. The summed E-state index contributed by atoms with van der Waals surface area (Å²) in [6.07, 6.45) is 0.965. The van der Waals surface area contributed by atoms with Gasteiger partial charge in [0.25, 0.3) is 5.91 Å². The van der Waals surface area contributed by atoms with Gasteiger partial charge in [-0.3, -0.25) is 20.4 Å². The second-order valence-corrected chi connectivity index (χ2v) is 5.59. The molecule has 0 saturated heterocycles. The number of amides is 2. The number of para-hydroxylation sites is 1. The molecule has 24 heavy (non-hydrogen) atoms. The van der Waals surface area contributed by atoms with E-state index < -0.39 is 5.91 Å². The van der Waals surface area contributed by atoms with Crippen LogP contribution in [0.2, 0.25) is 5.02 Å². The fraction of sp³-hybridized carbons (Fsp3) is 0.222. The van der Waals surface area contributed by atoms with Crippen molar-refractivity contribution in [3.8, 4) is 5.75 Å². The molecular weight excluding hydrogens is 328 g/mol. The molecule has 0 radical (unpaired) electrons. The van der Waals surface area contributed by atoms with Crippen LogP contribution in [0.1, 0.15) is 18.1 Å². The van der Waals surface area contributed by atoms with Gasteiger partial charge < -0.3 is 4.74 Å². The summed E-state index contributed by atoms with van der Waals surface area (Å²) in [4.78, 5) is 23.5. The minimum absolute atomic E-state index is 0.150. The number of hydrazine groups is 1. The highest BCUT2D eigenvalue weighted by Gasteiger charge is 2.08. The highest BCUT2D eigenvalue weighted by Crippen LogP contribution is 2.17. The van der Waals surface area contributed by atoms with E-state index in [0.717, 1.165) is 17.5 Å². The van der Waals surface area contributed by atoms with Gasteiger partial charge in [0.1, 0.15) is 5.75 Å². The van der Waals surface area contributed by atoms with E-state index in [4.69, 9.17) is 16.3 Å². The van der Waals surface area contributed by atoms with E-state index in [1.54, 1.807) is 24.3 Å². The van der Waals surface area contributed by atoms with Crippen molar-refractivity contribution in [3.63, 3.8) is 0 Å². The predicted molar refractivity (Wildman–Crippen MR) is 92.8 cm³/mol. The first kappa shape index (κ1) is 17.8. The summed E-state index contributed by atoms with van der Waals surface area (Å²) in [6, 6.07) is 14.5. The summed E-state index contributed by atoms with van der Waals surface area (Å²) in [5, 5.41) is 0.608. The van der Waals surface area contributed by atoms with Crippen LogP contribution in [0.15, 0.2) is 48.5 Å². The Bertz CT molecular complexity index is 702. The molecule has 6 heteroatoms. The zero-order valence-corrected chi connectivity index (χ0v) is 14.1. The molecule has 0 unspecified atom stereocenters. The van der Waals surface area contributed by atoms with E-state index >= 15 is 0 Å². The van der Waals surface area contributed by atoms with Crippen LogP contribution in [-0.2, 0) is 22.4 Å². The molecular formula is C18H19ClN2O3. The average molecular weight is 347 g/mol. The third-order valence-corrected chi connectivity index (χ3v) is 3.58. The molecule has 0 saturated carbocycles. The van der Waals surface area contributed by atoms with Crippen LogP contribution >= 0.6 is 11.6 Å². The van der Waals surface area contributed by atoms with Crippen LogP contribution in [0.5, 0.6) is 5.75 Å². The SMILES string of the molecule is CCc1ccccc1OCC(=O)NNC(=O)Cc1ccc(Cl)cc1. The number of carbonyl (C=O) groups excluding carboxylic acids is 2. The molecule has 0 aromatic heterocycles. The van der Waals surface area contributed by atoms with Crippen LogP contribution in [0.3, 0.4) is 0 Å². The summed E-state index contributed by atoms with van der Waals surface area (Å²) in [5.74, 6) is -0.0763. The van der Waals surface area contributed by atoms with Gasteiger partial charge in [0, 0.05) is 5.02 Å². The molecule has 0 fully saturated rings. The minimum atomic E-state index is -0.426. The summed E-state index contributed by atoms with van der Waals surface area (Å²) in [5.41, 5.74) is 6.52. The lowest BCUT2D eigenvalue weighted by atomic mass is 10.1. The van der Waals surface area contributed by atoms with Gasteiger partial charge in [-0.2, -0.15) is 0 Å². The van der Waals surface area contributed by atoms with Crippen molar-refractivity contribution in [2.75, 3.05) is 6.61 Å². The van der Waals surface area contributed by atoms with Crippen molar-refractivity contribution in [3.05, 3.63) is 64.7 Å². The Morgan fingerprint density at radius 1 is 1.00 bits per heavy atom. The third kappa shape index (κ3) is 5.59. The van der Waals surface area contributed by atoms with Crippen LogP contribution in [0, 0.1) is 0 Å². The standard InChI is InChI=1S/C18H19ClN2O3/c1-2-14-5-3-4-6-16(14)24-12-18(23)21-20-17(22)11-13-7-9-15(19)10-8-13/h3-10H,2,11-12H2,1H3,(H,20,22)(H,21,23). The van der Waals surface area contributed by atoms with Crippen molar-refractivity contribution >= 4 is 23.4 Å². The van der Waals surface area contributed by atoms with Gasteiger partial charge in [-0.15, -0.1) is 0 Å². The lowest BCUT2D eigenvalue weighted by Gasteiger charge is -2.11. The summed E-state index contributed by atoms with van der Waals surface area (Å²) in [6.45, 7) is 1.84. The van der Waals surface area contributed by atoms with Crippen LogP contribution < -0.4 is 15.6 Å². The van der Waals surface area contributed by atoms with Gasteiger partial charge in [-0.25, -0.2) is 0 Å². The lowest BCUT2D eigenvalue weighted by molar-refractivity contribution is -0.129. The second-order valence-electron chi connectivity index (χ2n) is 5.15. The summed E-state index contributed by atoms with van der Waals surface area (Å²) >= 11 is 5.79. The number of carbonyl (C=O) groups is 2. The highest BCUT2D eigenvalue weighted by molar-refractivity contribution is 6.30. The Balaban J connectivity index is 1.74. The zero-order valence-electron chi connectivity index (χ0n) is 13.3. The quantitative estimate of drug-likeness (QED) is 0.790. The van der Waals surface area contributed by atoms with E-state index in [9.17, 15) is 9.59 Å². The minimum Gasteiger partial charge on any atom is -0.483 e. The van der Waals surface area contributed by atoms with Gasteiger partial charge in [0.15, 0.2) is 6.61 Å². The first-order valence-corrected chi connectivity index (χ1v) is 7.99. The first-order valence-electron chi connectivity index (χ1n) is 7.61. The van der Waals surface area contributed by atoms with Crippen LogP contribution in [0.4, 0.5) is 0 Å². The van der Waals surface area contributed by atoms with Gasteiger partial charge in [-0.1, -0.05) is 48.9 Å². The number of rotatable bonds is 6. The topological polar surface area (TPSA) is 67.4 Å². The molecule has 126 valence electrons. The molecule has 0 aliphatic rings. The number of hydrogen-bond donors (Lipinski definition) is 2. The largest absolute Gasteiger partial charge is 0.483 e. The Kier molecular flexibility index (Phi) is 6.63. The Morgan fingerprint density at radius 2 is 1.67 bits per heavy atom. The maximum atomic E-state index is 11.8. The molecule has 0 aliphatic heterocycles. The predicted octanol–water partition coefficient (Wildman–Crippen LogP) is 2.67. The smallest absolute Gasteiger partial charge is 0.276 e. The summed E-state index contributed by atoms with van der Waals surface area (Å²) < 4.78 is 5.48. The third-order valence-electron chi connectivity index (χ3n) is 3.33. The van der Waals surface area contributed by atoms with Gasteiger partial charge in [-0.05, 0) is 35.7 Å². The lowest BCUT2D eigenvalue weighted by Crippen LogP contribution is -2.44. The molecule has 0 aliphatic carbocycles. The van der Waals surface area contributed by atoms with Gasteiger partial charge in [0.05, 0.1) is 6.42 Å². The molecule has 2 aromatic rings. The molecule has 0 atom stereocenters. The molecule has 2 amide bonds. The Hall–Kier alpha value is -2.53. The van der Waals surface area contributed by atoms with Gasteiger partial charge >= 0.3 is 0 Å². The van der Waals surface area contributed by atoms with Crippen molar-refractivity contribution in [1.82, 2.24) is 10.9 Å². The molecule has 5 nitrogen and oxygen atoms in total. The number of hydrogen-bond acceptors (Lipinski definition) is 3. The molecule has 2 aromatic carbocycles. The Labute approximate surface area is 145 Å². The van der Waals surface area contributed by atoms with Gasteiger partial charge in [0.2, 0.25) is 5.91 Å². The van der Waals surface area contributed by atoms with Crippen LogP contribution in [-0.4, -0.2) is 18.4 Å². The van der Waals surface area contributed by atoms with Crippen molar-refractivity contribution in [2.45, 2.75) is 19.8 Å². The average Bonchev–Trinajstić information content (AvgIpc) is 2.60. The monoisotopic (exact) mass is 346 g/mol. The number of benzene rings is 2. The fourth-order valence-corrected chi connectivity index (χ4v) is 2.21.